The number of hydrazone groups is 1. The molecule has 2 fully saturated rings. The lowest BCUT2D eigenvalue weighted by atomic mass is 9.95. The number of nitrogens with zero attached hydrogens (tertiary/aromatic N) is 1. The second-order valence-electron chi connectivity index (χ2n) is 8.17. The molecule has 0 spiro atoms. The summed E-state index contributed by atoms with van der Waals surface area (Å²) in [5.74, 6) is -0.367. The van der Waals surface area contributed by atoms with E-state index in [-0.39, 0.29) is 37.0 Å². The van der Waals surface area contributed by atoms with Gasteiger partial charge < -0.3 is 20.1 Å². The summed E-state index contributed by atoms with van der Waals surface area (Å²) in [4.78, 5) is 35.7. The lowest BCUT2D eigenvalue weighted by Crippen LogP contribution is -2.38. The van der Waals surface area contributed by atoms with Crippen molar-refractivity contribution in [2.24, 2.45) is 5.10 Å². The summed E-state index contributed by atoms with van der Waals surface area (Å²) < 4.78 is 10.9. The highest BCUT2D eigenvalue weighted by Gasteiger charge is 2.17. The van der Waals surface area contributed by atoms with Crippen LogP contribution in [0.15, 0.2) is 29.4 Å². The van der Waals surface area contributed by atoms with Gasteiger partial charge in [-0.1, -0.05) is 19.3 Å². The van der Waals surface area contributed by atoms with Crippen molar-refractivity contribution in [2.75, 3.05) is 19.8 Å². The summed E-state index contributed by atoms with van der Waals surface area (Å²) >= 11 is 0. The molecule has 1 aliphatic heterocycles. The SMILES string of the molecule is O=C(COc1ccc(/C=N/NC(=O)CC(=O)NC2CCCCC2)cc1)NC[C@@H]1CCCO1. The lowest BCUT2D eigenvalue weighted by molar-refractivity contribution is -0.129. The molecule has 0 aromatic heterocycles. The van der Waals surface area contributed by atoms with Crippen LogP contribution in [0.2, 0.25) is 0 Å². The van der Waals surface area contributed by atoms with E-state index in [1.54, 1.807) is 24.3 Å². The van der Waals surface area contributed by atoms with Crippen LogP contribution in [-0.4, -0.2) is 55.8 Å². The van der Waals surface area contributed by atoms with Gasteiger partial charge in [-0.15, -0.1) is 0 Å². The van der Waals surface area contributed by atoms with Gasteiger partial charge in [-0.3, -0.25) is 14.4 Å². The van der Waals surface area contributed by atoms with Crippen molar-refractivity contribution in [3.05, 3.63) is 29.8 Å². The predicted molar refractivity (Wildman–Crippen MR) is 119 cm³/mol. The summed E-state index contributed by atoms with van der Waals surface area (Å²) in [5.41, 5.74) is 3.11. The number of carbonyl (C=O) groups excluding carboxylic acids is 3. The third-order valence-electron chi connectivity index (χ3n) is 5.50. The van der Waals surface area contributed by atoms with Crippen LogP contribution in [0, 0.1) is 0 Å². The van der Waals surface area contributed by atoms with E-state index in [2.05, 4.69) is 21.2 Å². The first-order valence-electron chi connectivity index (χ1n) is 11.3. The largest absolute Gasteiger partial charge is 0.484 e. The van der Waals surface area contributed by atoms with Crippen molar-refractivity contribution >= 4 is 23.9 Å². The van der Waals surface area contributed by atoms with E-state index in [4.69, 9.17) is 9.47 Å². The van der Waals surface area contributed by atoms with Crippen LogP contribution in [0.25, 0.3) is 0 Å². The molecule has 0 bridgehead atoms. The Morgan fingerprint density at radius 1 is 1.00 bits per heavy atom. The van der Waals surface area contributed by atoms with Gasteiger partial charge in [0.25, 0.3) is 5.91 Å². The molecule has 9 nitrogen and oxygen atoms in total. The maximum absolute atomic E-state index is 11.9. The smallest absolute Gasteiger partial charge is 0.258 e. The molecule has 32 heavy (non-hydrogen) atoms. The van der Waals surface area contributed by atoms with Crippen LogP contribution in [0.1, 0.15) is 56.9 Å². The zero-order valence-electron chi connectivity index (χ0n) is 18.3. The molecule has 2 aliphatic rings. The van der Waals surface area contributed by atoms with Gasteiger partial charge in [0.2, 0.25) is 11.8 Å². The van der Waals surface area contributed by atoms with E-state index in [0.29, 0.717) is 12.3 Å². The van der Waals surface area contributed by atoms with Gasteiger partial charge in [-0.25, -0.2) is 5.43 Å². The highest BCUT2D eigenvalue weighted by Crippen LogP contribution is 2.17. The van der Waals surface area contributed by atoms with E-state index >= 15 is 0 Å². The molecular weight excluding hydrogens is 412 g/mol. The highest BCUT2D eigenvalue weighted by atomic mass is 16.5. The molecule has 1 aliphatic carbocycles. The van der Waals surface area contributed by atoms with E-state index in [0.717, 1.165) is 50.7 Å². The molecule has 1 aromatic carbocycles. The first kappa shape index (κ1) is 23.7. The Morgan fingerprint density at radius 3 is 2.50 bits per heavy atom. The third-order valence-corrected chi connectivity index (χ3v) is 5.50. The average molecular weight is 445 g/mol. The van der Waals surface area contributed by atoms with Gasteiger partial charge in [0.15, 0.2) is 6.61 Å². The molecule has 0 radical (unpaired) electrons. The Morgan fingerprint density at radius 2 is 1.78 bits per heavy atom. The van der Waals surface area contributed by atoms with Crippen LogP contribution in [0.3, 0.4) is 0 Å². The fourth-order valence-corrected chi connectivity index (χ4v) is 3.77. The molecular formula is C23H32N4O5. The Kier molecular flexibility index (Phi) is 9.49. The lowest BCUT2D eigenvalue weighted by Gasteiger charge is -2.22. The summed E-state index contributed by atoms with van der Waals surface area (Å²) in [6.07, 6.45) is 8.75. The Hall–Kier alpha value is -2.94. The maximum atomic E-state index is 11.9. The first-order chi connectivity index (χ1) is 15.6. The minimum absolute atomic E-state index is 0.0703. The van der Waals surface area contributed by atoms with Crippen molar-refractivity contribution in [3.8, 4) is 5.75 Å². The minimum atomic E-state index is -0.455. The molecule has 174 valence electrons. The normalized spacial score (nSPS) is 18.9. The number of benzene rings is 1. The predicted octanol–water partition coefficient (Wildman–Crippen LogP) is 1.65. The van der Waals surface area contributed by atoms with E-state index in [1.165, 1.54) is 12.6 Å². The molecule has 3 amide bonds. The quantitative estimate of drug-likeness (QED) is 0.288. The molecule has 1 saturated heterocycles. The van der Waals surface area contributed by atoms with E-state index in [9.17, 15) is 14.4 Å². The van der Waals surface area contributed by atoms with Crippen molar-refractivity contribution in [1.82, 2.24) is 16.1 Å². The minimum Gasteiger partial charge on any atom is -0.484 e. The van der Waals surface area contributed by atoms with E-state index in [1.807, 2.05) is 0 Å². The van der Waals surface area contributed by atoms with Gasteiger partial charge in [-0.05, 0) is 55.5 Å². The zero-order valence-corrected chi connectivity index (χ0v) is 18.3. The second-order valence-corrected chi connectivity index (χ2v) is 8.17. The summed E-state index contributed by atoms with van der Waals surface area (Å²) in [5, 5.41) is 9.59. The Balaban J connectivity index is 1.31. The van der Waals surface area contributed by atoms with Crippen LogP contribution in [0.4, 0.5) is 0 Å². The van der Waals surface area contributed by atoms with Crippen LogP contribution in [0.5, 0.6) is 5.75 Å². The third kappa shape index (κ3) is 8.66. The molecule has 3 rings (SSSR count). The number of hydrogen-bond acceptors (Lipinski definition) is 6. The average Bonchev–Trinajstić information content (AvgIpc) is 3.31. The van der Waals surface area contributed by atoms with Crippen molar-refractivity contribution < 1.29 is 23.9 Å². The number of amides is 3. The highest BCUT2D eigenvalue weighted by molar-refractivity contribution is 5.97. The summed E-state index contributed by atoms with van der Waals surface area (Å²) in [6, 6.07) is 7.12. The standard InChI is InChI=1S/C23H32N4O5/c28-21(26-18-5-2-1-3-6-18)13-22(29)27-25-14-17-8-10-19(11-9-17)32-16-23(30)24-15-20-7-4-12-31-20/h8-11,14,18,20H,1-7,12-13,15-16H2,(H,24,30)(H,26,28)(H,27,29)/b25-14+/t20-/m0/s1. The number of nitrogens with one attached hydrogen (secondary N) is 3. The molecule has 1 heterocycles. The Bertz CT molecular complexity index is 784. The number of rotatable bonds is 10. The zero-order chi connectivity index (χ0) is 22.6. The first-order valence-corrected chi connectivity index (χ1v) is 11.3. The van der Waals surface area contributed by atoms with Crippen LogP contribution in [-0.2, 0) is 19.1 Å². The monoisotopic (exact) mass is 444 g/mol. The van der Waals surface area contributed by atoms with Gasteiger partial charge in [-0.2, -0.15) is 5.10 Å². The summed E-state index contributed by atoms with van der Waals surface area (Å²) in [7, 11) is 0. The topological polar surface area (TPSA) is 118 Å². The molecule has 3 N–H and O–H groups in total. The molecule has 1 atom stereocenters. The fourth-order valence-electron chi connectivity index (χ4n) is 3.77. The summed E-state index contributed by atoms with van der Waals surface area (Å²) in [6.45, 7) is 1.19. The van der Waals surface area contributed by atoms with Gasteiger partial charge in [0.1, 0.15) is 12.2 Å². The number of carbonyl (C=O) groups is 3. The molecule has 9 heteroatoms. The van der Waals surface area contributed by atoms with E-state index < -0.39 is 5.91 Å². The second kappa shape index (κ2) is 12.8. The van der Waals surface area contributed by atoms with Gasteiger partial charge >= 0.3 is 0 Å². The number of ether oxygens (including phenoxy) is 2. The van der Waals surface area contributed by atoms with Gasteiger partial charge in [0, 0.05) is 19.2 Å². The Labute approximate surface area is 188 Å². The molecule has 1 saturated carbocycles. The van der Waals surface area contributed by atoms with Crippen LogP contribution >= 0.6 is 0 Å². The molecule has 0 unspecified atom stereocenters. The van der Waals surface area contributed by atoms with Crippen molar-refractivity contribution in [3.63, 3.8) is 0 Å². The van der Waals surface area contributed by atoms with Crippen molar-refractivity contribution in [1.29, 1.82) is 0 Å². The molecule has 1 aromatic rings. The fraction of sp³-hybridized carbons (Fsp3) is 0.565. The number of hydrogen-bond donors (Lipinski definition) is 3. The van der Waals surface area contributed by atoms with Gasteiger partial charge in [0.05, 0.1) is 12.3 Å². The maximum Gasteiger partial charge on any atom is 0.258 e. The van der Waals surface area contributed by atoms with Crippen molar-refractivity contribution in [2.45, 2.75) is 63.5 Å². The van der Waals surface area contributed by atoms with Crippen LogP contribution < -0.4 is 20.8 Å².